The van der Waals surface area contributed by atoms with Gasteiger partial charge < -0.3 is 29.2 Å². The van der Waals surface area contributed by atoms with Crippen molar-refractivity contribution in [2.24, 2.45) is 0 Å². The first-order chi connectivity index (χ1) is 16.7. The van der Waals surface area contributed by atoms with Gasteiger partial charge in [-0.3, -0.25) is 0 Å². The van der Waals surface area contributed by atoms with Crippen molar-refractivity contribution in [1.29, 1.82) is 0 Å². The van der Waals surface area contributed by atoms with Crippen molar-refractivity contribution in [3.63, 3.8) is 0 Å². The van der Waals surface area contributed by atoms with Crippen molar-refractivity contribution in [3.8, 4) is 0 Å². The normalized spacial score (nSPS) is 24.3. The van der Waals surface area contributed by atoms with Gasteiger partial charge in [-0.25, -0.2) is 0 Å². The van der Waals surface area contributed by atoms with Crippen molar-refractivity contribution in [2.75, 3.05) is 26.4 Å². The molecule has 7 heteroatoms. The van der Waals surface area contributed by atoms with Gasteiger partial charge in [-0.2, -0.15) is 0 Å². The Morgan fingerprint density at radius 3 is 2.06 bits per heavy atom. The van der Waals surface area contributed by atoms with Gasteiger partial charge in [0, 0.05) is 6.61 Å². The fraction of sp³-hybridized carbons (Fsp3) is 0.571. The van der Waals surface area contributed by atoms with E-state index in [1.54, 1.807) is 0 Å². The van der Waals surface area contributed by atoms with Crippen LogP contribution in [0.5, 0.6) is 0 Å². The van der Waals surface area contributed by atoms with E-state index in [1.165, 1.54) is 10.4 Å². The molecule has 4 atom stereocenters. The molecule has 3 unspecified atom stereocenters. The molecular weight excluding hydrogens is 460 g/mol. The second-order valence-electron chi connectivity index (χ2n) is 10.7. The molecule has 35 heavy (non-hydrogen) atoms. The van der Waals surface area contributed by atoms with E-state index in [-0.39, 0.29) is 37.1 Å². The van der Waals surface area contributed by atoms with Gasteiger partial charge in [-0.05, 0) is 41.6 Å². The van der Waals surface area contributed by atoms with Gasteiger partial charge in [0.15, 0.2) is 0 Å². The summed E-state index contributed by atoms with van der Waals surface area (Å²) in [7, 11) is -2.60. The van der Waals surface area contributed by atoms with E-state index in [0.29, 0.717) is 19.4 Å². The predicted octanol–water partition coefficient (Wildman–Crippen LogP) is 2.62. The number of aliphatic hydroxyl groups is 3. The molecule has 1 fully saturated rings. The van der Waals surface area contributed by atoms with Crippen molar-refractivity contribution >= 4 is 18.7 Å². The second-order valence-corrected chi connectivity index (χ2v) is 15.1. The summed E-state index contributed by atoms with van der Waals surface area (Å²) < 4.78 is 19.1. The molecule has 1 aliphatic heterocycles. The fourth-order valence-electron chi connectivity index (χ4n) is 5.15. The Kier molecular flexibility index (Phi) is 9.68. The molecule has 6 nitrogen and oxygen atoms in total. The highest BCUT2D eigenvalue weighted by Gasteiger charge is 2.50. The Balaban J connectivity index is 1.75. The molecule has 1 saturated heterocycles. The number of hydrogen-bond donors (Lipinski definition) is 3. The Morgan fingerprint density at radius 2 is 1.57 bits per heavy atom. The van der Waals surface area contributed by atoms with Crippen molar-refractivity contribution < 1.29 is 29.2 Å². The summed E-state index contributed by atoms with van der Waals surface area (Å²) in [6, 6.07) is 21.2. The van der Waals surface area contributed by atoms with Crippen LogP contribution in [0.3, 0.4) is 0 Å². The quantitative estimate of drug-likeness (QED) is 0.410. The van der Waals surface area contributed by atoms with E-state index in [1.807, 2.05) is 19.1 Å². The smallest absolute Gasteiger partial charge is 0.261 e. The van der Waals surface area contributed by atoms with Gasteiger partial charge in [0.25, 0.3) is 8.32 Å². The van der Waals surface area contributed by atoms with Crippen LogP contribution in [0.4, 0.5) is 0 Å². The molecule has 2 aromatic rings. The maximum Gasteiger partial charge on any atom is 0.261 e. The van der Waals surface area contributed by atoms with Gasteiger partial charge in [-0.1, -0.05) is 81.4 Å². The van der Waals surface area contributed by atoms with Gasteiger partial charge >= 0.3 is 0 Å². The van der Waals surface area contributed by atoms with Crippen LogP contribution < -0.4 is 10.4 Å². The van der Waals surface area contributed by atoms with Crippen LogP contribution in [-0.4, -0.2) is 74.0 Å². The van der Waals surface area contributed by atoms with Gasteiger partial charge in [-0.15, -0.1) is 0 Å². The molecule has 194 valence electrons. The molecule has 0 spiro atoms. The van der Waals surface area contributed by atoms with Crippen LogP contribution in [0.1, 0.15) is 47.0 Å². The molecule has 1 heterocycles. The first-order valence-corrected chi connectivity index (χ1v) is 14.5. The number of benzene rings is 2. The highest BCUT2D eigenvalue weighted by Crippen LogP contribution is 2.37. The van der Waals surface area contributed by atoms with E-state index >= 15 is 0 Å². The van der Waals surface area contributed by atoms with Crippen LogP contribution in [0.25, 0.3) is 0 Å². The van der Waals surface area contributed by atoms with Crippen LogP contribution in [-0.2, 0) is 13.9 Å². The molecule has 3 N–H and O–H groups in total. The lowest BCUT2D eigenvalue weighted by atomic mass is 9.89. The summed E-state index contributed by atoms with van der Waals surface area (Å²) in [5.74, 6) is 0. The lowest BCUT2D eigenvalue weighted by molar-refractivity contribution is -0.219. The number of rotatable bonds is 11. The first-order valence-electron chi connectivity index (χ1n) is 12.6. The third kappa shape index (κ3) is 6.41. The minimum Gasteiger partial charge on any atom is -0.407 e. The number of aliphatic hydroxyl groups excluding tert-OH is 3. The van der Waals surface area contributed by atoms with Gasteiger partial charge in [0.05, 0.1) is 32.0 Å². The topological polar surface area (TPSA) is 88.4 Å². The second kappa shape index (κ2) is 12.1. The summed E-state index contributed by atoms with van der Waals surface area (Å²) in [5, 5.41) is 31.2. The number of ether oxygens (including phenoxy) is 2. The summed E-state index contributed by atoms with van der Waals surface area (Å²) >= 11 is 0. The van der Waals surface area contributed by atoms with Crippen LogP contribution in [0.2, 0.25) is 5.04 Å². The fourth-order valence-corrected chi connectivity index (χ4v) is 9.72. The van der Waals surface area contributed by atoms with Crippen LogP contribution in [0, 0.1) is 0 Å². The maximum atomic E-state index is 10.1. The van der Waals surface area contributed by atoms with E-state index in [4.69, 9.17) is 19.0 Å². The molecule has 0 radical (unpaired) electrons. The van der Waals surface area contributed by atoms with Crippen LogP contribution in [0.15, 0.2) is 60.7 Å². The Hall–Kier alpha value is -1.58. The maximum absolute atomic E-state index is 10.1. The van der Waals surface area contributed by atoms with Crippen molar-refractivity contribution in [1.82, 2.24) is 0 Å². The average molecular weight is 503 g/mol. The molecule has 0 aliphatic carbocycles. The summed E-state index contributed by atoms with van der Waals surface area (Å²) in [6.07, 6.45) is 0.858. The Morgan fingerprint density at radius 1 is 1.00 bits per heavy atom. The third-order valence-corrected chi connectivity index (χ3v) is 12.1. The number of hydrogen-bond acceptors (Lipinski definition) is 6. The minimum absolute atomic E-state index is 0.0156. The predicted molar refractivity (Wildman–Crippen MR) is 141 cm³/mol. The zero-order valence-corrected chi connectivity index (χ0v) is 22.5. The van der Waals surface area contributed by atoms with Crippen molar-refractivity contribution in [2.45, 2.75) is 75.9 Å². The van der Waals surface area contributed by atoms with Gasteiger partial charge in [0.2, 0.25) is 0 Å². The molecule has 0 aromatic heterocycles. The van der Waals surface area contributed by atoms with E-state index < -0.39 is 20.0 Å². The molecule has 1 aliphatic rings. The highest BCUT2D eigenvalue weighted by atomic mass is 28.4. The Bertz CT molecular complexity index is 848. The lowest BCUT2D eigenvalue weighted by Crippen LogP contribution is -2.66. The third-order valence-electron chi connectivity index (χ3n) is 7.06. The molecule has 0 bridgehead atoms. The largest absolute Gasteiger partial charge is 0.407 e. The molecule has 0 amide bonds. The van der Waals surface area contributed by atoms with E-state index in [2.05, 4.69) is 69.3 Å². The van der Waals surface area contributed by atoms with Gasteiger partial charge in [0.1, 0.15) is 11.7 Å². The summed E-state index contributed by atoms with van der Waals surface area (Å²) in [4.78, 5) is 0. The highest BCUT2D eigenvalue weighted by molar-refractivity contribution is 6.99. The standard InChI is InChI=1S/C28H42O6Si/c1-27(2,3)35(24-11-7-5-8-12-24,25-13-9-6-10-14-25)33-18-17-23-15-16-26(28(4,21-30)34-23)32-20-22(31)19-29/h5-14,22-23,26,29-31H,15-21H2,1-4H3/t22-,23?,26?,28?/m1/s1. The van der Waals surface area contributed by atoms with E-state index in [9.17, 15) is 10.2 Å². The molecule has 0 saturated carbocycles. The zero-order chi connectivity index (χ0) is 25.5. The first kappa shape index (κ1) is 28.0. The Labute approximate surface area is 211 Å². The molecule has 2 aromatic carbocycles. The lowest BCUT2D eigenvalue weighted by Gasteiger charge is -2.45. The average Bonchev–Trinajstić information content (AvgIpc) is 2.86. The van der Waals surface area contributed by atoms with E-state index in [0.717, 1.165) is 6.42 Å². The van der Waals surface area contributed by atoms with Crippen LogP contribution >= 0.6 is 0 Å². The van der Waals surface area contributed by atoms with Crippen molar-refractivity contribution in [3.05, 3.63) is 60.7 Å². The molecular formula is C28H42O6Si. The minimum atomic E-state index is -2.60. The molecule has 3 rings (SSSR count). The monoisotopic (exact) mass is 502 g/mol. The zero-order valence-electron chi connectivity index (χ0n) is 21.5. The SMILES string of the molecule is CC1(CO)OC(CCO[Si](c2ccccc2)(c2ccccc2)C(C)(C)C)CCC1OC[C@H](O)CO. The summed E-state index contributed by atoms with van der Waals surface area (Å²) in [5.41, 5.74) is -0.866. The summed E-state index contributed by atoms with van der Waals surface area (Å²) in [6.45, 7) is 8.67.